The van der Waals surface area contributed by atoms with Crippen molar-refractivity contribution < 1.29 is 19.2 Å². The summed E-state index contributed by atoms with van der Waals surface area (Å²) in [6.07, 6.45) is 1.75. The van der Waals surface area contributed by atoms with Gasteiger partial charge in [0, 0.05) is 12.1 Å². The smallest absolute Gasteiger partial charge is 0.338 e. The van der Waals surface area contributed by atoms with Crippen LogP contribution < -0.4 is 5.32 Å². The first-order valence-electron chi connectivity index (χ1n) is 6.75. The zero-order valence-corrected chi connectivity index (χ0v) is 13.1. The van der Waals surface area contributed by atoms with Crippen LogP contribution >= 0.6 is 11.6 Å². The van der Waals surface area contributed by atoms with E-state index in [-0.39, 0.29) is 16.6 Å². The quantitative estimate of drug-likeness (QED) is 0.471. The Morgan fingerprint density at radius 2 is 2.14 bits per heavy atom. The fourth-order valence-corrected chi connectivity index (χ4v) is 2.00. The van der Waals surface area contributed by atoms with Crippen molar-refractivity contribution in [2.45, 2.75) is 32.7 Å². The van der Waals surface area contributed by atoms with Crippen LogP contribution in [0.5, 0.6) is 0 Å². The van der Waals surface area contributed by atoms with E-state index in [1.807, 2.05) is 13.8 Å². The van der Waals surface area contributed by atoms with E-state index >= 15 is 0 Å². The SMILES string of the molecule is CCC[C@H](C)NC(=O)COC(=O)c1ccc(Cl)c([N+](=O)[O-])c1. The number of benzene rings is 1. The fraction of sp³-hybridized carbons (Fsp3) is 0.429. The van der Waals surface area contributed by atoms with E-state index in [0.29, 0.717) is 0 Å². The largest absolute Gasteiger partial charge is 0.452 e. The molecule has 8 heteroatoms. The predicted molar refractivity (Wildman–Crippen MR) is 80.9 cm³/mol. The number of hydrogen-bond donors (Lipinski definition) is 1. The molecule has 0 aliphatic carbocycles. The highest BCUT2D eigenvalue weighted by Gasteiger charge is 2.18. The van der Waals surface area contributed by atoms with Gasteiger partial charge in [-0.15, -0.1) is 0 Å². The van der Waals surface area contributed by atoms with E-state index in [2.05, 4.69) is 5.32 Å². The van der Waals surface area contributed by atoms with Crippen molar-refractivity contribution in [3.05, 3.63) is 38.9 Å². The van der Waals surface area contributed by atoms with E-state index < -0.39 is 29.1 Å². The summed E-state index contributed by atoms with van der Waals surface area (Å²) in [5, 5.41) is 13.4. The second-order valence-electron chi connectivity index (χ2n) is 4.76. The number of nitro groups is 1. The molecule has 0 spiro atoms. The third kappa shape index (κ3) is 5.33. The lowest BCUT2D eigenvalue weighted by atomic mass is 10.2. The predicted octanol–water partition coefficient (Wildman–Crippen LogP) is 2.71. The summed E-state index contributed by atoms with van der Waals surface area (Å²) in [6, 6.07) is 3.55. The van der Waals surface area contributed by atoms with Crippen LogP contribution in [0.25, 0.3) is 0 Å². The lowest BCUT2D eigenvalue weighted by Crippen LogP contribution is -2.35. The molecule has 0 unspecified atom stereocenters. The minimum Gasteiger partial charge on any atom is -0.452 e. The summed E-state index contributed by atoms with van der Waals surface area (Å²) in [5.74, 6) is -1.24. The number of halogens is 1. The first-order valence-corrected chi connectivity index (χ1v) is 7.13. The Labute approximate surface area is 132 Å². The average molecular weight is 329 g/mol. The van der Waals surface area contributed by atoms with Gasteiger partial charge < -0.3 is 10.1 Å². The number of nitro benzene ring substituents is 1. The Balaban J connectivity index is 2.61. The monoisotopic (exact) mass is 328 g/mol. The summed E-state index contributed by atoms with van der Waals surface area (Å²) in [5.41, 5.74) is -0.428. The standard InChI is InChI=1S/C14H17ClN2O5/c1-3-4-9(2)16-13(18)8-22-14(19)10-5-6-11(15)12(7-10)17(20)21/h5-7,9H,3-4,8H2,1-2H3,(H,16,18)/t9-/m0/s1. The van der Waals surface area contributed by atoms with Gasteiger partial charge in [-0.2, -0.15) is 0 Å². The number of nitrogens with one attached hydrogen (secondary N) is 1. The molecule has 0 radical (unpaired) electrons. The van der Waals surface area contributed by atoms with Gasteiger partial charge in [-0.25, -0.2) is 4.79 Å². The number of carbonyl (C=O) groups excluding carboxylic acids is 2. The Morgan fingerprint density at radius 3 is 2.73 bits per heavy atom. The van der Waals surface area contributed by atoms with Crippen molar-refractivity contribution in [2.75, 3.05) is 6.61 Å². The zero-order chi connectivity index (χ0) is 16.7. The van der Waals surface area contributed by atoms with E-state index in [1.54, 1.807) is 0 Å². The van der Waals surface area contributed by atoms with E-state index in [4.69, 9.17) is 16.3 Å². The minimum atomic E-state index is -0.821. The van der Waals surface area contributed by atoms with Crippen LogP contribution in [0.2, 0.25) is 5.02 Å². The summed E-state index contributed by atoms with van der Waals surface area (Å²) in [6.45, 7) is 3.41. The third-order valence-electron chi connectivity index (χ3n) is 2.84. The number of amides is 1. The average Bonchev–Trinajstić information content (AvgIpc) is 2.45. The number of hydrogen-bond acceptors (Lipinski definition) is 5. The molecule has 0 heterocycles. The minimum absolute atomic E-state index is 0.00665. The van der Waals surface area contributed by atoms with Crippen LogP contribution in [0.3, 0.4) is 0 Å². The van der Waals surface area contributed by atoms with Crippen molar-refractivity contribution in [3.63, 3.8) is 0 Å². The van der Waals surface area contributed by atoms with Crippen LogP contribution in [0.4, 0.5) is 5.69 Å². The maximum atomic E-state index is 11.8. The highest BCUT2D eigenvalue weighted by Crippen LogP contribution is 2.25. The van der Waals surface area contributed by atoms with Gasteiger partial charge in [-0.1, -0.05) is 24.9 Å². The highest BCUT2D eigenvalue weighted by atomic mass is 35.5. The lowest BCUT2D eigenvalue weighted by molar-refractivity contribution is -0.384. The first kappa shape index (κ1) is 17.9. The molecule has 1 atom stereocenters. The van der Waals surface area contributed by atoms with E-state index in [1.165, 1.54) is 12.1 Å². The van der Waals surface area contributed by atoms with Gasteiger partial charge in [-0.05, 0) is 25.5 Å². The Hall–Kier alpha value is -2.15. The Morgan fingerprint density at radius 1 is 1.45 bits per heavy atom. The number of rotatable bonds is 7. The summed E-state index contributed by atoms with van der Waals surface area (Å²) in [4.78, 5) is 33.4. The van der Waals surface area contributed by atoms with E-state index in [0.717, 1.165) is 18.9 Å². The van der Waals surface area contributed by atoms with Gasteiger partial charge in [-0.3, -0.25) is 14.9 Å². The van der Waals surface area contributed by atoms with Crippen LogP contribution in [-0.4, -0.2) is 29.4 Å². The topological polar surface area (TPSA) is 98.5 Å². The van der Waals surface area contributed by atoms with Crippen molar-refractivity contribution in [2.24, 2.45) is 0 Å². The molecule has 0 saturated heterocycles. The van der Waals surface area contributed by atoms with Crippen LogP contribution in [0.1, 0.15) is 37.0 Å². The van der Waals surface area contributed by atoms with Gasteiger partial charge >= 0.3 is 5.97 Å². The third-order valence-corrected chi connectivity index (χ3v) is 3.16. The molecule has 1 N–H and O–H groups in total. The highest BCUT2D eigenvalue weighted by molar-refractivity contribution is 6.32. The molecular weight excluding hydrogens is 312 g/mol. The number of ether oxygens (including phenoxy) is 1. The number of carbonyl (C=O) groups is 2. The van der Waals surface area contributed by atoms with Crippen molar-refractivity contribution in [3.8, 4) is 0 Å². The van der Waals surface area contributed by atoms with Crippen molar-refractivity contribution in [1.29, 1.82) is 0 Å². The molecule has 0 aliphatic rings. The maximum absolute atomic E-state index is 11.8. The molecule has 7 nitrogen and oxygen atoms in total. The molecule has 22 heavy (non-hydrogen) atoms. The molecule has 1 aromatic carbocycles. The number of esters is 1. The molecular formula is C14H17ClN2O5. The van der Waals surface area contributed by atoms with Crippen LogP contribution in [-0.2, 0) is 9.53 Å². The molecule has 0 saturated carbocycles. The Kier molecular flexibility index (Phi) is 6.78. The molecule has 120 valence electrons. The normalized spacial score (nSPS) is 11.6. The van der Waals surface area contributed by atoms with E-state index in [9.17, 15) is 19.7 Å². The Bertz CT molecular complexity index is 576. The van der Waals surface area contributed by atoms with Crippen LogP contribution in [0.15, 0.2) is 18.2 Å². The first-order chi connectivity index (χ1) is 10.3. The number of nitrogens with zero attached hydrogens (tertiary/aromatic N) is 1. The van der Waals surface area contributed by atoms with Crippen molar-refractivity contribution in [1.82, 2.24) is 5.32 Å². The van der Waals surface area contributed by atoms with Crippen molar-refractivity contribution >= 4 is 29.2 Å². The molecule has 1 rings (SSSR count). The van der Waals surface area contributed by atoms with Gasteiger partial charge in [0.25, 0.3) is 11.6 Å². The van der Waals surface area contributed by atoms with Crippen LogP contribution in [0, 0.1) is 10.1 Å². The van der Waals surface area contributed by atoms with Gasteiger partial charge in [0.1, 0.15) is 5.02 Å². The molecule has 0 fully saturated rings. The summed E-state index contributed by atoms with van der Waals surface area (Å²) < 4.78 is 4.83. The van der Waals surface area contributed by atoms with Gasteiger partial charge in [0.15, 0.2) is 6.61 Å². The van der Waals surface area contributed by atoms with Gasteiger partial charge in [0.05, 0.1) is 10.5 Å². The molecule has 0 aliphatic heterocycles. The fourth-order valence-electron chi connectivity index (χ4n) is 1.82. The second-order valence-corrected chi connectivity index (χ2v) is 5.16. The van der Waals surface area contributed by atoms with Gasteiger partial charge in [0.2, 0.25) is 0 Å². The maximum Gasteiger partial charge on any atom is 0.338 e. The summed E-state index contributed by atoms with van der Waals surface area (Å²) in [7, 11) is 0. The zero-order valence-electron chi connectivity index (χ0n) is 12.3. The molecule has 0 aromatic heterocycles. The lowest BCUT2D eigenvalue weighted by Gasteiger charge is -2.12. The molecule has 0 bridgehead atoms. The second kappa shape index (κ2) is 8.33. The molecule has 1 amide bonds. The molecule has 1 aromatic rings. The summed E-state index contributed by atoms with van der Waals surface area (Å²) >= 11 is 5.65.